The van der Waals surface area contributed by atoms with Crippen LogP contribution in [0.4, 0.5) is 8.78 Å². The van der Waals surface area contributed by atoms with Crippen LogP contribution in [0.2, 0.25) is 0 Å². The highest BCUT2D eigenvalue weighted by molar-refractivity contribution is 5.97. The zero-order valence-corrected chi connectivity index (χ0v) is 14.6. The SMILES string of the molecule is COCCOc1ccccc1C(=O)NC(C)c1ccc(OC(F)F)cc1. The number of hydrogen-bond donors (Lipinski definition) is 1. The molecule has 2 rings (SSSR count). The van der Waals surface area contributed by atoms with E-state index in [2.05, 4.69) is 10.1 Å². The van der Waals surface area contributed by atoms with Crippen molar-refractivity contribution in [3.8, 4) is 11.5 Å². The highest BCUT2D eigenvalue weighted by Gasteiger charge is 2.16. The molecule has 0 aliphatic rings. The van der Waals surface area contributed by atoms with E-state index in [0.29, 0.717) is 24.5 Å². The van der Waals surface area contributed by atoms with Gasteiger partial charge in [0.15, 0.2) is 0 Å². The average molecular weight is 365 g/mol. The van der Waals surface area contributed by atoms with E-state index >= 15 is 0 Å². The van der Waals surface area contributed by atoms with E-state index in [-0.39, 0.29) is 17.7 Å². The van der Waals surface area contributed by atoms with E-state index in [1.165, 1.54) is 12.1 Å². The normalized spacial score (nSPS) is 11.9. The third-order valence-electron chi connectivity index (χ3n) is 3.63. The van der Waals surface area contributed by atoms with Gasteiger partial charge in [0.2, 0.25) is 0 Å². The summed E-state index contributed by atoms with van der Waals surface area (Å²) in [4.78, 5) is 12.5. The maximum atomic E-state index is 12.5. The molecule has 0 heterocycles. The Morgan fingerprint density at radius 1 is 1.08 bits per heavy atom. The maximum Gasteiger partial charge on any atom is 0.387 e. The van der Waals surface area contributed by atoms with Gasteiger partial charge in [0, 0.05) is 7.11 Å². The van der Waals surface area contributed by atoms with Crippen molar-refractivity contribution in [1.29, 1.82) is 0 Å². The van der Waals surface area contributed by atoms with Crippen LogP contribution in [0.25, 0.3) is 0 Å². The number of para-hydroxylation sites is 1. The Labute approximate surface area is 150 Å². The molecule has 5 nitrogen and oxygen atoms in total. The minimum absolute atomic E-state index is 0.0687. The number of carbonyl (C=O) groups excluding carboxylic acids is 1. The zero-order valence-electron chi connectivity index (χ0n) is 14.6. The second-order valence-corrected chi connectivity index (χ2v) is 5.48. The van der Waals surface area contributed by atoms with Crippen molar-refractivity contribution in [2.75, 3.05) is 20.3 Å². The van der Waals surface area contributed by atoms with Crippen molar-refractivity contribution < 1.29 is 27.8 Å². The fourth-order valence-electron chi connectivity index (χ4n) is 2.31. The van der Waals surface area contributed by atoms with Gasteiger partial charge < -0.3 is 19.5 Å². The van der Waals surface area contributed by atoms with E-state index < -0.39 is 6.61 Å². The Hall–Kier alpha value is -2.67. The molecule has 1 atom stereocenters. The molecule has 1 N–H and O–H groups in total. The third-order valence-corrected chi connectivity index (χ3v) is 3.63. The van der Waals surface area contributed by atoms with Crippen LogP contribution in [0.5, 0.6) is 11.5 Å². The lowest BCUT2D eigenvalue weighted by molar-refractivity contribution is -0.0498. The molecular weight excluding hydrogens is 344 g/mol. The van der Waals surface area contributed by atoms with Crippen LogP contribution in [-0.4, -0.2) is 32.8 Å². The fraction of sp³-hybridized carbons (Fsp3) is 0.316. The summed E-state index contributed by atoms with van der Waals surface area (Å²) in [7, 11) is 1.57. The van der Waals surface area contributed by atoms with E-state index in [1.54, 1.807) is 50.4 Å². The number of methoxy groups -OCH3 is 1. The first-order valence-corrected chi connectivity index (χ1v) is 8.07. The van der Waals surface area contributed by atoms with Gasteiger partial charge in [-0.1, -0.05) is 24.3 Å². The highest BCUT2D eigenvalue weighted by atomic mass is 19.3. The van der Waals surface area contributed by atoms with Crippen LogP contribution < -0.4 is 14.8 Å². The summed E-state index contributed by atoms with van der Waals surface area (Å²) in [6.07, 6.45) is 0. The number of alkyl halides is 2. The summed E-state index contributed by atoms with van der Waals surface area (Å²) < 4.78 is 39.2. The second-order valence-electron chi connectivity index (χ2n) is 5.48. The smallest absolute Gasteiger partial charge is 0.387 e. The zero-order chi connectivity index (χ0) is 18.9. The molecule has 0 bridgehead atoms. The number of halogens is 2. The molecule has 0 radical (unpaired) electrons. The summed E-state index contributed by atoms with van der Waals surface area (Å²) in [5.74, 6) is 0.243. The van der Waals surface area contributed by atoms with E-state index in [1.807, 2.05) is 0 Å². The van der Waals surface area contributed by atoms with Crippen molar-refractivity contribution in [2.24, 2.45) is 0 Å². The molecule has 0 aliphatic carbocycles. The van der Waals surface area contributed by atoms with Crippen LogP contribution in [0.3, 0.4) is 0 Å². The Kier molecular flexibility index (Phi) is 7.35. The molecule has 0 saturated carbocycles. The number of rotatable bonds is 9. The van der Waals surface area contributed by atoms with E-state index in [4.69, 9.17) is 9.47 Å². The molecule has 0 fully saturated rings. The monoisotopic (exact) mass is 365 g/mol. The first-order chi connectivity index (χ1) is 12.5. The lowest BCUT2D eigenvalue weighted by Crippen LogP contribution is -2.27. The van der Waals surface area contributed by atoms with Gasteiger partial charge in [-0.3, -0.25) is 4.79 Å². The summed E-state index contributed by atoms with van der Waals surface area (Å²) >= 11 is 0. The number of benzene rings is 2. The van der Waals surface area contributed by atoms with Gasteiger partial charge in [0.25, 0.3) is 5.91 Å². The van der Waals surface area contributed by atoms with Crippen molar-refractivity contribution >= 4 is 5.91 Å². The first kappa shape index (κ1) is 19.7. The molecule has 2 aromatic carbocycles. The van der Waals surface area contributed by atoms with Crippen molar-refractivity contribution in [1.82, 2.24) is 5.32 Å². The molecule has 140 valence electrons. The third kappa shape index (κ3) is 5.70. The van der Waals surface area contributed by atoms with Crippen molar-refractivity contribution in [3.63, 3.8) is 0 Å². The van der Waals surface area contributed by atoms with Crippen LogP contribution >= 0.6 is 0 Å². The number of carbonyl (C=O) groups is 1. The lowest BCUT2D eigenvalue weighted by Gasteiger charge is -2.17. The standard InChI is InChI=1S/C19H21F2NO4/c1-13(14-7-9-15(10-8-14)26-19(20)21)22-18(23)16-5-3-4-6-17(16)25-12-11-24-2/h3-10,13,19H,11-12H2,1-2H3,(H,22,23). The molecule has 7 heteroatoms. The highest BCUT2D eigenvalue weighted by Crippen LogP contribution is 2.22. The lowest BCUT2D eigenvalue weighted by atomic mass is 10.1. The number of nitrogens with one attached hydrogen (secondary N) is 1. The molecule has 1 amide bonds. The average Bonchev–Trinajstić information content (AvgIpc) is 2.62. The van der Waals surface area contributed by atoms with Gasteiger partial charge in [0.05, 0.1) is 18.2 Å². The predicted octanol–water partition coefficient (Wildman–Crippen LogP) is 3.80. The maximum absolute atomic E-state index is 12.5. The van der Waals surface area contributed by atoms with Crippen molar-refractivity contribution in [2.45, 2.75) is 19.6 Å². The van der Waals surface area contributed by atoms with Crippen LogP contribution in [-0.2, 0) is 4.74 Å². The number of amides is 1. The van der Waals surface area contributed by atoms with E-state index in [0.717, 1.165) is 5.56 Å². The largest absolute Gasteiger partial charge is 0.490 e. The first-order valence-electron chi connectivity index (χ1n) is 8.07. The molecule has 26 heavy (non-hydrogen) atoms. The quantitative estimate of drug-likeness (QED) is 0.687. The number of ether oxygens (including phenoxy) is 3. The van der Waals surface area contributed by atoms with Crippen LogP contribution in [0.1, 0.15) is 28.9 Å². The van der Waals surface area contributed by atoms with Crippen LogP contribution in [0, 0.1) is 0 Å². The Balaban J connectivity index is 2.02. The Morgan fingerprint density at radius 2 is 1.77 bits per heavy atom. The van der Waals surface area contributed by atoms with E-state index in [9.17, 15) is 13.6 Å². The predicted molar refractivity (Wildman–Crippen MR) is 92.8 cm³/mol. The van der Waals surface area contributed by atoms with Gasteiger partial charge in [-0.2, -0.15) is 8.78 Å². The van der Waals surface area contributed by atoms with Gasteiger partial charge in [0.1, 0.15) is 18.1 Å². The van der Waals surface area contributed by atoms with Gasteiger partial charge in [-0.15, -0.1) is 0 Å². The number of hydrogen-bond acceptors (Lipinski definition) is 4. The summed E-state index contributed by atoms with van der Waals surface area (Å²) in [5.41, 5.74) is 1.17. The fourth-order valence-corrected chi connectivity index (χ4v) is 2.31. The molecular formula is C19H21F2NO4. The van der Waals surface area contributed by atoms with Gasteiger partial charge in [-0.05, 0) is 36.8 Å². The molecule has 0 saturated heterocycles. The van der Waals surface area contributed by atoms with Crippen molar-refractivity contribution in [3.05, 3.63) is 59.7 Å². The molecule has 1 unspecified atom stereocenters. The summed E-state index contributed by atoms with van der Waals surface area (Å²) in [6, 6.07) is 12.7. The van der Waals surface area contributed by atoms with Crippen LogP contribution in [0.15, 0.2) is 48.5 Å². The Bertz CT molecular complexity index is 707. The Morgan fingerprint density at radius 3 is 2.42 bits per heavy atom. The molecule has 0 spiro atoms. The van der Waals surface area contributed by atoms with Gasteiger partial charge in [-0.25, -0.2) is 0 Å². The summed E-state index contributed by atoms with van der Waals surface area (Å²) in [5, 5.41) is 2.86. The second kappa shape index (κ2) is 9.72. The topological polar surface area (TPSA) is 56.8 Å². The van der Waals surface area contributed by atoms with Gasteiger partial charge >= 0.3 is 6.61 Å². The molecule has 0 aromatic heterocycles. The molecule has 0 aliphatic heterocycles. The minimum atomic E-state index is -2.87. The summed E-state index contributed by atoms with van der Waals surface area (Å²) in [6.45, 7) is -0.316. The molecule has 2 aromatic rings. The minimum Gasteiger partial charge on any atom is -0.490 e.